The van der Waals surface area contributed by atoms with Crippen LogP contribution in [0.2, 0.25) is 0 Å². The second kappa shape index (κ2) is 5.85. The van der Waals surface area contributed by atoms with Gasteiger partial charge in [0.15, 0.2) is 0 Å². The predicted molar refractivity (Wildman–Crippen MR) is 66.5 cm³/mol. The van der Waals surface area contributed by atoms with Crippen molar-refractivity contribution in [2.75, 3.05) is 0 Å². The molecule has 0 aromatic heterocycles. The van der Waals surface area contributed by atoms with Gasteiger partial charge in [-0.1, -0.05) is 6.08 Å². The molecule has 0 aliphatic carbocycles. The lowest BCUT2D eigenvalue weighted by Gasteiger charge is -2.03. The van der Waals surface area contributed by atoms with Crippen molar-refractivity contribution in [3.8, 4) is 0 Å². The average molecular weight is 218 g/mol. The molecule has 0 saturated carbocycles. The van der Waals surface area contributed by atoms with E-state index in [2.05, 4.69) is 11.6 Å². The molecule has 0 bridgehead atoms. The second-order valence-corrected chi connectivity index (χ2v) is 3.34. The predicted octanol–water partition coefficient (Wildman–Crippen LogP) is 3.12. The number of halogens is 1. The molecule has 1 aromatic rings. The van der Waals surface area contributed by atoms with Crippen LogP contribution in [0.25, 0.3) is 5.70 Å². The highest BCUT2D eigenvalue weighted by atomic mass is 19.1. The summed E-state index contributed by atoms with van der Waals surface area (Å²) >= 11 is 0. The van der Waals surface area contributed by atoms with E-state index in [4.69, 9.17) is 5.73 Å². The molecule has 0 atom stereocenters. The quantitative estimate of drug-likeness (QED) is 0.612. The van der Waals surface area contributed by atoms with Crippen LogP contribution in [-0.4, -0.2) is 6.21 Å². The summed E-state index contributed by atoms with van der Waals surface area (Å²) in [7, 11) is 0. The van der Waals surface area contributed by atoms with Gasteiger partial charge < -0.3 is 5.73 Å². The Kier molecular flexibility index (Phi) is 4.45. The van der Waals surface area contributed by atoms with Gasteiger partial charge in [0, 0.05) is 12.6 Å². The monoisotopic (exact) mass is 218 g/mol. The van der Waals surface area contributed by atoms with E-state index in [1.54, 1.807) is 24.4 Å². The van der Waals surface area contributed by atoms with Crippen LogP contribution < -0.4 is 5.73 Å². The van der Waals surface area contributed by atoms with Gasteiger partial charge in [-0.05, 0) is 36.8 Å². The molecule has 2 N–H and O–H groups in total. The number of nitrogens with two attached hydrogens (primary N) is 1. The highest BCUT2D eigenvalue weighted by Gasteiger charge is 2.00. The molecule has 0 amide bonds. The maximum Gasteiger partial charge on any atom is 0.123 e. The number of benzene rings is 1. The van der Waals surface area contributed by atoms with E-state index >= 15 is 0 Å². The molecule has 0 aliphatic rings. The van der Waals surface area contributed by atoms with Gasteiger partial charge in [-0.15, -0.1) is 6.58 Å². The highest BCUT2D eigenvalue weighted by molar-refractivity contribution is 5.69. The lowest BCUT2D eigenvalue weighted by atomic mass is 10.1. The molecule has 0 radical (unpaired) electrons. The molecule has 1 rings (SSSR count). The third-order valence-electron chi connectivity index (χ3n) is 2.10. The van der Waals surface area contributed by atoms with Crippen molar-refractivity contribution in [3.63, 3.8) is 0 Å². The number of nitrogens with zero attached hydrogens (tertiary/aromatic N) is 1. The maximum atomic E-state index is 12.7. The SMILES string of the molecule is C=CCC=N/C(C)=C(\N)c1ccc(F)cc1. The summed E-state index contributed by atoms with van der Waals surface area (Å²) in [5.41, 5.74) is 7.93. The highest BCUT2D eigenvalue weighted by Crippen LogP contribution is 2.14. The Morgan fingerprint density at radius 3 is 2.62 bits per heavy atom. The summed E-state index contributed by atoms with van der Waals surface area (Å²) in [6.45, 7) is 5.41. The van der Waals surface area contributed by atoms with E-state index in [0.29, 0.717) is 17.8 Å². The van der Waals surface area contributed by atoms with Gasteiger partial charge in [0.2, 0.25) is 0 Å². The first kappa shape index (κ1) is 12.2. The molecule has 1 aromatic carbocycles. The number of hydrogen-bond acceptors (Lipinski definition) is 2. The van der Waals surface area contributed by atoms with Gasteiger partial charge in [0.25, 0.3) is 0 Å². The third kappa shape index (κ3) is 3.35. The number of allylic oxidation sites excluding steroid dienone is 2. The summed E-state index contributed by atoms with van der Waals surface area (Å²) in [6.07, 6.45) is 4.19. The molecule has 0 saturated heterocycles. The van der Waals surface area contributed by atoms with Crippen molar-refractivity contribution < 1.29 is 4.39 Å². The lowest BCUT2D eigenvalue weighted by Crippen LogP contribution is -1.99. The molecule has 0 fully saturated rings. The van der Waals surface area contributed by atoms with Gasteiger partial charge in [-0.3, -0.25) is 4.99 Å². The normalized spacial score (nSPS) is 12.6. The molecule has 3 heteroatoms. The van der Waals surface area contributed by atoms with Crippen LogP contribution >= 0.6 is 0 Å². The Labute approximate surface area is 95.0 Å². The van der Waals surface area contributed by atoms with E-state index < -0.39 is 0 Å². The zero-order valence-corrected chi connectivity index (χ0v) is 9.28. The van der Waals surface area contributed by atoms with Gasteiger partial charge in [-0.2, -0.15) is 0 Å². The van der Waals surface area contributed by atoms with Crippen molar-refractivity contribution >= 4 is 11.9 Å². The molecular weight excluding hydrogens is 203 g/mol. The van der Waals surface area contributed by atoms with Crippen molar-refractivity contribution in [2.24, 2.45) is 10.7 Å². The molecule has 0 unspecified atom stereocenters. The third-order valence-corrected chi connectivity index (χ3v) is 2.10. The van der Waals surface area contributed by atoms with E-state index in [9.17, 15) is 4.39 Å². The summed E-state index contributed by atoms with van der Waals surface area (Å²) in [5, 5.41) is 0. The van der Waals surface area contributed by atoms with E-state index in [1.807, 2.05) is 6.92 Å². The molecule has 0 aliphatic heterocycles. The first-order valence-electron chi connectivity index (χ1n) is 5.01. The summed E-state index contributed by atoms with van der Waals surface area (Å²) in [4.78, 5) is 4.18. The number of hydrogen-bond donors (Lipinski definition) is 1. The van der Waals surface area contributed by atoms with Gasteiger partial charge >= 0.3 is 0 Å². The fraction of sp³-hybridized carbons (Fsp3) is 0.154. The molecule has 2 nitrogen and oxygen atoms in total. The minimum atomic E-state index is -0.274. The van der Waals surface area contributed by atoms with Crippen molar-refractivity contribution in [3.05, 3.63) is 54.0 Å². The number of rotatable bonds is 4. The minimum absolute atomic E-state index is 0.274. The molecule has 0 heterocycles. The first-order chi connectivity index (χ1) is 7.65. The fourth-order valence-electron chi connectivity index (χ4n) is 1.17. The van der Waals surface area contributed by atoms with Gasteiger partial charge in [-0.25, -0.2) is 4.39 Å². The summed E-state index contributed by atoms with van der Waals surface area (Å²) < 4.78 is 12.7. The summed E-state index contributed by atoms with van der Waals surface area (Å²) in [6, 6.07) is 6.03. The van der Waals surface area contributed by atoms with Crippen LogP contribution in [0.1, 0.15) is 18.9 Å². The van der Waals surface area contributed by atoms with E-state index in [1.165, 1.54) is 12.1 Å². The zero-order chi connectivity index (χ0) is 12.0. The minimum Gasteiger partial charge on any atom is -0.397 e. The standard InChI is InChI=1S/C13H15FN2/c1-3-4-9-16-10(2)13(15)11-5-7-12(14)8-6-11/h3,5-9H,1,4,15H2,2H3/b13-10-,16-9?. The Balaban J connectivity index is 2.90. The zero-order valence-electron chi connectivity index (χ0n) is 9.28. The van der Waals surface area contributed by atoms with E-state index in [-0.39, 0.29) is 5.82 Å². The van der Waals surface area contributed by atoms with Crippen LogP contribution in [0.15, 0.2) is 47.6 Å². The van der Waals surface area contributed by atoms with Crippen LogP contribution in [-0.2, 0) is 0 Å². The van der Waals surface area contributed by atoms with Crippen molar-refractivity contribution in [1.29, 1.82) is 0 Å². The van der Waals surface area contributed by atoms with E-state index in [0.717, 1.165) is 5.56 Å². The second-order valence-electron chi connectivity index (χ2n) is 3.34. The number of aliphatic imine (C=N–C) groups is 1. The van der Waals surface area contributed by atoms with Crippen LogP contribution in [0.4, 0.5) is 4.39 Å². The first-order valence-corrected chi connectivity index (χ1v) is 5.01. The Morgan fingerprint density at radius 2 is 2.06 bits per heavy atom. The molecule has 16 heavy (non-hydrogen) atoms. The molecule has 0 spiro atoms. The fourth-order valence-corrected chi connectivity index (χ4v) is 1.17. The average Bonchev–Trinajstić information content (AvgIpc) is 2.29. The van der Waals surface area contributed by atoms with Crippen molar-refractivity contribution in [2.45, 2.75) is 13.3 Å². The largest absolute Gasteiger partial charge is 0.397 e. The van der Waals surface area contributed by atoms with Crippen LogP contribution in [0.3, 0.4) is 0 Å². The van der Waals surface area contributed by atoms with Gasteiger partial charge in [0.05, 0.1) is 11.4 Å². The lowest BCUT2D eigenvalue weighted by molar-refractivity contribution is 0.627. The topological polar surface area (TPSA) is 38.4 Å². The Morgan fingerprint density at radius 1 is 1.44 bits per heavy atom. The summed E-state index contributed by atoms with van der Waals surface area (Å²) in [5.74, 6) is -0.274. The molecule has 84 valence electrons. The van der Waals surface area contributed by atoms with Crippen molar-refractivity contribution in [1.82, 2.24) is 0 Å². The van der Waals surface area contributed by atoms with Crippen LogP contribution in [0, 0.1) is 5.82 Å². The van der Waals surface area contributed by atoms with Gasteiger partial charge in [0.1, 0.15) is 5.82 Å². The maximum absolute atomic E-state index is 12.7. The Hall–Kier alpha value is -1.90. The molecular formula is C13H15FN2. The van der Waals surface area contributed by atoms with Crippen LogP contribution in [0.5, 0.6) is 0 Å². The smallest absolute Gasteiger partial charge is 0.123 e. The Bertz CT molecular complexity index is 416.